The molecule has 32 heavy (non-hydrogen) atoms. The fourth-order valence-electron chi connectivity index (χ4n) is 3.74. The summed E-state index contributed by atoms with van der Waals surface area (Å²) in [5.74, 6) is 1.18. The normalized spacial score (nSPS) is 15.2. The molecule has 4 rings (SSSR count). The first-order valence-corrected chi connectivity index (χ1v) is 10.3. The number of tetrazole rings is 1. The van der Waals surface area contributed by atoms with E-state index in [-0.39, 0.29) is 11.9 Å². The zero-order chi connectivity index (χ0) is 22.3. The van der Waals surface area contributed by atoms with Crippen molar-refractivity contribution in [3.63, 3.8) is 0 Å². The summed E-state index contributed by atoms with van der Waals surface area (Å²) in [6.07, 6.45) is 1.51. The molecule has 1 amide bonds. The van der Waals surface area contributed by atoms with Gasteiger partial charge >= 0.3 is 0 Å². The van der Waals surface area contributed by atoms with E-state index < -0.39 is 0 Å². The number of hydrogen-bond donors (Lipinski definition) is 1. The minimum absolute atomic E-state index is 0.0249. The lowest BCUT2D eigenvalue weighted by molar-refractivity contribution is 0.0162. The summed E-state index contributed by atoms with van der Waals surface area (Å²) in [5.41, 5.74) is 2.39. The van der Waals surface area contributed by atoms with Gasteiger partial charge in [-0.05, 0) is 52.4 Å². The van der Waals surface area contributed by atoms with E-state index in [4.69, 9.17) is 14.2 Å². The molecule has 1 fully saturated rings. The number of morpholine rings is 1. The zero-order valence-electron chi connectivity index (χ0n) is 18.1. The first kappa shape index (κ1) is 21.7. The second kappa shape index (κ2) is 10.2. The maximum atomic E-state index is 12.8. The van der Waals surface area contributed by atoms with Crippen LogP contribution in [0.5, 0.6) is 11.5 Å². The third kappa shape index (κ3) is 4.87. The molecule has 1 aromatic heterocycles. The van der Waals surface area contributed by atoms with Gasteiger partial charge in [0.15, 0.2) is 11.5 Å². The summed E-state index contributed by atoms with van der Waals surface area (Å²) in [6, 6.07) is 13.0. The maximum Gasteiger partial charge on any atom is 0.251 e. The van der Waals surface area contributed by atoms with E-state index in [9.17, 15) is 4.79 Å². The van der Waals surface area contributed by atoms with Crippen LogP contribution in [0.25, 0.3) is 5.69 Å². The minimum Gasteiger partial charge on any atom is -0.493 e. The van der Waals surface area contributed by atoms with Crippen molar-refractivity contribution < 1.29 is 19.0 Å². The Morgan fingerprint density at radius 3 is 2.50 bits per heavy atom. The van der Waals surface area contributed by atoms with Gasteiger partial charge in [0.05, 0.1) is 39.2 Å². The van der Waals surface area contributed by atoms with Gasteiger partial charge in [-0.1, -0.05) is 6.07 Å². The first-order chi connectivity index (χ1) is 15.7. The van der Waals surface area contributed by atoms with Crippen LogP contribution in [0.15, 0.2) is 48.8 Å². The smallest absolute Gasteiger partial charge is 0.251 e. The monoisotopic (exact) mass is 438 g/mol. The van der Waals surface area contributed by atoms with Crippen LogP contribution >= 0.6 is 0 Å². The van der Waals surface area contributed by atoms with Crippen LogP contribution in [-0.4, -0.2) is 78.1 Å². The number of amides is 1. The molecule has 168 valence electrons. The van der Waals surface area contributed by atoms with Gasteiger partial charge in [0.2, 0.25) is 0 Å². The molecule has 1 atom stereocenters. The second-order valence-electron chi connectivity index (χ2n) is 7.29. The van der Waals surface area contributed by atoms with Crippen molar-refractivity contribution in [2.45, 2.75) is 6.04 Å². The summed E-state index contributed by atoms with van der Waals surface area (Å²) in [7, 11) is 3.23. The summed E-state index contributed by atoms with van der Waals surface area (Å²) in [6.45, 7) is 3.35. The van der Waals surface area contributed by atoms with Crippen LogP contribution in [0.1, 0.15) is 22.0 Å². The Morgan fingerprint density at radius 2 is 1.84 bits per heavy atom. The highest BCUT2D eigenvalue weighted by molar-refractivity contribution is 5.94. The number of carbonyl (C=O) groups excluding carboxylic acids is 1. The van der Waals surface area contributed by atoms with E-state index >= 15 is 0 Å². The molecule has 1 saturated heterocycles. The predicted molar refractivity (Wildman–Crippen MR) is 116 cm³/mol. The fraction of sp³-hybridized carbons (Fsp3) is 0.364. The largest absolute Gasteiger partial charge is 0.493 e. The van der Waals surface area contributed by atoms with Crippen LogP contribution in [0.3, 0.4) is 0 Å². The SMILES string of the molecule is COc1ccc(C(CNC(=O)c2ccc(-n3cnnn3)cc2)N2CCOCC2)cc1OC. The Bertz CT molecular complexity index is 1020. The highest BCUT2D eigenvalue weighted by atomic mass is 16.5. The number of ether oxygens (including phenoxy) is 3. The molecule has 1 aliphatic rings. The molecule has 1 unspecified atom stereocenters. The van der Waals surface area contributed by atoms with Gasteiger partial charge in [0, 0.05) is 25.2 Å². The Morgan fingerprint density at radius 1 is 1.09 bits per heavy atom. The number of carbonyl (C=O) groups is 1. The molecule has 0 bridgehead atoms. The van der Waals surface area contributed by atoms with Gasteiger partial charge in [0.1, 0.15) is 6.33 Å². The lowest BCUT2D eigenvalue weighted by Crippen LogP contribution is -2.43. The quantitative estimate of drug-likeness (QED) is 0.564. The number of hydrogen-bond acceptors (Lipinski definition) is 8. The van der Waals surface area contributed by atoms with Gasteiger partial charge in [-0.15, -0.1) is 5.10 Å². The molecule has 0 saturated carbocycles. The summed E-state index contributed by atoms with van der Waals surface area (Å²) in [4.78, 5) is 15.1. The molecule has 0 radical (unpaired) electrons. The van der Waals surface area contributed by atoms with Crippen molar-refractivity contribution >= 4 is 5.91 Å². The van der Waals surface area contributed by atoms with Crippen molar-refractivity contribution in [3.8, 4) is 17.2 Å². The van der Waals surface area contributed by atoms with Crippen LogP contribution in [0.4, 0.5) is 0 Å². The summed E-state index contributed by atoms with van der Waals surface area (Å²) >= 11 is 0. The highest BCUT2D eigenvalue weighted by Gasteiger charge is 2.24. The first-order valence-electron chi connectivity index (χ1n) is 10.3. The van der Waals surface area contributed by atoms with Crippen LogP contribution in [0.2, 0.25) is 0 Å². The summed E-state index contributed by atoms with van der Waals surface area (Å²) in [5, 5.41) is 14.2. The van der Waals surface area contributed by atoms with E-state index in [2.05, 4.69) is 25.7 Å². The molecule has 1 N–H and O–H groups in total. The third-order valence-electron chi connectivity index (χ3n) is 5.48. The van der Waals surface area contributed by atoms with Crippen LogP contribution < -0.4 is 14.8 Å². The average molecular weight is 438 g/mol. The van der Waals surface area contributed by atoms with E-state index in [1.807, 2.05) is 18.2 Å². The Balaban J connectivity index is 1.49. The van der Waals surface area contributed by atoms with Gasteiger partial charge in [-0.25, -0.2) is 4.68 Å². The number of aromatic nitrogens is 4. The van der Waals surface area contributed by atoms with Crippen molar-refractivity contribution in [2.24, 2.45) is 0 Å². The van der Waals surface area contributed by atoms with Gasteiger partial charge in [0.25, 0.3) is 5.91 Å². The third-order valence-corrected chi connectivity index (χ3v) is 5.48. The van der Waals surface area contributed by atoms with E-state index in [1.165, 1.54) is 11.0 Å². The number of benzene rings is 2. The van der Waals surface area contributed by atoms with Crippen molar-refractivity contribution in [2.75, 3.05) is 47.1 Å². The molecule has 2 aromatic carbocycles. The van der Waals surface area contributed by atoms with E-state index in [1.54, 1.807) is 38.5 Å². The molecular formula is C22H26N6O4. The van der Waals surface area contributed by atoms with Crippen LogP contribution in [-0.2, 0) is 4.74 Å². The highest BCUT2D eigenvalue weighted by Crippen LogP contribution is 2.32. The molecule has 1 aliphatic heterocycles. The van der Waals surface area contributed by atoms with Crippen molar-refractivity contribution in [1.29, 1.82) is 0 Å². The molecule has 3 aromatic rings. The average Bonchev–Trinajstić information content (AvgIpc) is 3.40. The summed E-state index contributed by atoms with van der Waals surface area (Å²) < 4.78 is 17.9. The second-order valence-corrected chi connectivity index (χ2v) is 7.29. The molecule has 10 heteroatoms. The van der Waals surface area contributed by atoms with E-state index in [0.717, 1.165) is 24.3 Å². The zero-order valence-corrected chi connectivity index (χ0v) is 18.1. The predicted octanol–water partition coefficient (Wildman–Crippen LogP) is 1.48. The molecular weight excluding hydrogens is 412 g/mol. The topological polar surface area (TPSA) is 104 Å². The van der Waals surface area contributed by atoms with Crippen molar-refractivity contribution in [3.05, 3.63) is 59.9 Å². The van der Waals surface area contributed by atoms with Crippen molar-refractivity contribution in [1.82, 2.24) is 30.4 Å². The Labute approximate surface area is 186 Å². The standard InChI is InChI=1S/C22H26N6O4/c1-30-20-8-5-17(13-21(20)31-2)19(27-9-11-32-12-10-27)14-23-22(29)16-3-6-18(7-4-16)28-15-24-25-26-28/h3-8,13,15,19H,9-12,14H2,1-2H3,(H,23,29). The number of nitrogens with zero attached hydrogens (tertiary/aromatic N) is 5. The van der Waals surface area contributed by atoms with Gasteiger partial charge in [-0.3, -0.25) is 9.69 Å². The Kier molecular flexibility index (Phi) is 6.93. The van der Waals surface area contributed by atoms with Gasteiger partial charge < -0.3 is 19.5 Å². The number of nitrogens with one attached hydrogen (secondary N) is 1. The molecule has 10 nitrogen and oxygen atoms in total. The Hall–Kier alpha value is -3.50. The number of rotatable bonds is 8. The lowest BCUT2D eigenvalue weighted by atomic mass is 10.0. The van der Waals surface area contributed by atoms with Crippen LogP contribution in [0, 0.1) is 0 Å². The number of methoxy groups -OCH3 is 2. The molecule has 2 heterocycles. The fourth-order valence-corrected chi connectivity index (χ4v) is 3.74. The lowest BCUT2D eigenvalue weighted by Gasteiger charge is -2.35. The minimum atomic E-state index is -0.146. The van der Waals surface area contributed by atoms with Gasteiger partial charge in [-0.2, -0.15) is 0 Å². The maximum absolute atomic E-state index is 12.8. The van der Waals surface area contributed by atoms with E-state index in [0.29, 0.717) is 36.8 Å². The molecule has 0 aliphatic carbocycles. The molecule has 0 spiro atoms.